The van der Waals surface area contributed by atoms with Crippen molar-refractivity contribution < 1.29 is 13.9 Å². The van der Waals surface area contributed by atoms with E-state index in [0.29, 0.717) is 0 Å². The lowest BCUT2D eigenvalue weighted by Gasteiger charge is -1.97. The van der Waals surface area contributed by atoms with E-state index in [1.807, 2.05) is 0 Å². The van der Waals surface area contributed by atoms with Crippen molar-refractivity contribution >= 4 is 29.3 Å². The number of hydrogen-bond acceptors (Lipinski definition) is 3. The average Bonchev–Trinajstić information content (AvgIpc) is 2.23. The van der Waals surface area contributed by atoms with Gasteiger partial charge in [0, 0.05) is 11.0 Å². The summed E-state index contributed by atoms with van der Waals surface area (Å²) in [7, 11) is 1.30. The maximum atomic E-state index is 12.8. The second kappa shape index (κ2) is 5.78. The first-order chi connectivity index (χ1) is 7.13. The van der Waals surface area contributed by atoms with Crippen LogP contribution in [0, 0.1) is 5.82 Å². The van der Waals surface area contributed by atoms with Gasteiger partial charge in [-0.3, -0.25) is 0 Å². The molecule has 0 atom stereocenters. The Morgan fingerprint density at radius 1 is 1.60 bits per heavy atom. The van der Waals surface area contributed by atoms with Crippen LogP contribution in [-0.4, -0.2) is 13.1 Å². The van der Waals surface area contributed by atoms with Gasteiger partial charge < -0.3 is 4.74 Å². The predicted octanol–water partition coefficient (Wildman–Crippen LogP) is 3.26. The van der Waals surface area contributed by atoms with Crippen molar-refractivity contribution in [1.29, 1.82) is 0 Å². The SMILES string of the molecule is COC(=O)C=CSc1ccc(F)c(Cl)c1. The molecule has 0 fully saturated rings. The van der Waals surface area contributed by atoms with Gasteiger partial charge in [-0.25, -0.2) is 9.18 Å². The molecule has 0 radical (unpaired) electrons. The van der Waals surface area contributed by atoms with Crippen molar-refractivity contribution in [2.45, 2.75) is 4.90 Å². The van der Waals surface area contributed by atoms with Crippen LogP contribution in [0.3, 0.4) is 0 Å². The normalized spacial score (nSPS) is 10.6. The van der Waals surface area contributed by atoms with Crippen LogP contribution in [0.4, 0.5) is 4.39 Å². The number of rotatable bonds is 3. The third kappa shape index (κ3) is 3.93. The van der Waals surface area contributed by atoms with Crippen molar-refractivity contribution in [2.75, 3.05) is 7.11 Å². The van der Waals surface area contributed by atoms with E-state index >= 15 is 0 Å². The summed E-state index contributed by atoms with van der Waals surface area (Å²) in [5.74, 6) is -0.895. The Morgan fingerprint density at radius 3 is 2.93 bits per heavy atom. The molecule has 5 heteroatoms. The van der Waals surface area contributed by atoms with Crippen LogP contribution < -0.4 is 0 Å². The van der Waals surface area contributed by atoms with Crippen molar-refractivity contribution in [3.8, 4) is 0 Å². The number of carbonyl (C=O) groups excluding carboxylic acids is 1. The molecule has 1 aromatic carbocycles. The first-order valence-corrected chi connectivity index (χ1v) is 5.25. The fourth-order valence-electron chi connectivity index (χ4n) is 0.786. The van der Waals surface area contributed by atoms with E-state index in [9.17, 15) is 9.18 Å². The van der Waals surface area contributed by atoms with Crippen LogP contribution in [0.2, 0.25) is 5.02 Å². The number of thioether (sulfide) groups is 1. The Hall–Kier alpha value is -1.00. The van der Waals surface area contributed by atoms with Crippen LogP contribution in [0.5, 0.6) is 0 Å². The van der Waals surface area contributed by atoms with E-state index in [1.54, 1.807) is 11.5 Å². The molecular weight excluding hydrogens is 239 g/mol. The molecule has 0 saturated carbocycles. The van der Waals surface area contributed by atoms with Gasteiger partial charge in [0.05, 0.1) is 12.1 Å². The zero-order valence-electron chi connectivity index (χ0n) is 7.87. The first-order valence-electron chi connectivity index (χ1n) is 3.99. The molecule has 0 aliphatic carbocycles. The van der Waals surface area contributed by atoms with Crippen LogP contribution in [0.1, 0.15) is 0 Å². The van der Waals surface area contributed by atoms with Crippen LogP contribution >= 0.6 is 23.4 Å². The van der Waals surface area contributed by atoms with Gasteiger partial charge in [0.15, 0.2) is 0 Å². The van der Waals surface area contributed by atoms with Crippen LogP contribution in [0.25, 0.3) is 0 Å². The van der Waals surface area contributed by atoms with Crippen molar-refractivity contribution in [1.82, 2.24) is 0 Å². The second-order valence-electron chi connectivity index (χ2n) is 2.52. The van der Waals surface area contributed by atoms with E-state index in [4.69, 9.17) is 11.6 Å². The Kier molecular flexibility index (Phi) is 4.65. The molecule has 0 aromatic heterocycles. The molecule has 0 bridgehead atoms. The zero-order chi connectivity index (χ0) is 11.3. The third-order valence-electron chi connectivity index (χ3n) is 1.50. The van der Waals surface area contributed by atoms with Gasteiger partial charge in [-0.1, -0.05) is 23.4 Å². The van der Waals surface area contributed by atoms with Crippen molar-refractivity contribution in [3.05, 3.63) is 40.5 Å². The molecule has 80 valence electrons. The predicted molar refractivity (Wildman–Crippen MR) is 58.4 cm³/mol. The number of carbonyl (C=O) groups is 1. The summed E-state index contributed by atoms with van der Waals surface area (Å²) >= 11 is 6.83. The fraction of sp³-hybridized carbons (Fsp3) is 0.100. The Labute approximate surface area is 96.1 Å². The molecule has 0 aliphatic rings. The Morgan fingerprint density at radius 2 is 2.33 bits per heavy atom. The highest BCUT2D eigenvalue weighted by molar-refractivity contribution is 8.02. The molecule has 0 spiro atoms. The van der Waals surface area contributed by atoms with Crippen LogP contribution in [0.15, 0.2) is 34.6 Å². The fourth-order valence-corrected chi connectivity index (χ4v) is 1.70. The Bertz CT molecular complexity index is 393. The minimum absolute atomic E-state index is 0.0615. The first kappa shape index (κ1) is 12.1. The van der Waals surface area contributed by atoms with E-state index in [-0.39, 0.29) is 5.02 Å². The summed E-state index contributed by atoms with van der Waals surface area (Å²) in [6.45, 7) is 0. The maximum Gasteiger partial charge on any atom is 0.330 e. The molecule has 2 nitrogen and oxygen atoms in total. The average molecular weight is 247 g/mol. The Balaban J connectivity index is 2.62. The molecule has 0 saturated heterocycles. The lowest BCUT2D eigenvalue weighted by Crippen LogP contribution is -1.92. The quantitative estimate of drug-likeness (QED) is 0.465. The standard InChI is InChI=1S/C10H8ClFO2S/c1-14-10(13)4-5-15-7-2-3-9(12)8(11)6-7/h2-6H,1H3. The van der Waals surface area contributed by atoms with Crippen molar-refractivity contribution in [2.24, 2.45) is 0 Å². The van der Waals surface area contributed by atoms with Gasteiger partial charge in [0.25, 0.3) is 0 Å². The molecule has 0 heterocycles. The van der Waals surface area contributed by atoms with E-state index < -0.39 is 11.8 Å². The molecule has 0 amide bonds. The van der Waals surface area contributed by atoms with E-state index in [1.165, 1.54) is 37.1 Å². The second-order valence-corrected chi connectivity index (χ2v) is 3.91. The lowest BCUT2D eigenvalue weighted by atomic mass is 10.3. The van der Waals surface area contributed by atoms with Gasteiger partial charge >= 0.3 is 5.97 Å². The number of hydrogen-bond donors (Lipinski definition) is 0. The van der Waals surface area contributed by atoms with Gasteiger partial charge in [-0.15, -0.1) is 0 Å². The smallest absolute Gasteiger partial charge is 0.330 e. The summed E-state index contributed by atoms with van der Waals surface area (Å²) < 4.78 is 17.2. The number of halogens is 2. The van der Waals surface area contributed by atoms with Gasteiger partial charge in [0.2, 0.25) is 0 Å². The van der Waals surface area contributed by atoms with Gasteiger partial charge in [-0.2, -0.15) is 0 Å². The zero-order valence-corrected chi connectivity index (χ0v) is 9.44. The molecular formula is C10H8ClFO2S. The molecule has 1 rings (SSSR count). The molecule has 0 N–H and O–H groups in total. The van der Waals surface area contributed by atoms with Crippen molar-refractivity contribution in [3.63, 3.8) is 0 Å². The highest BCUT2D eigenvalue weighted by Crippen LogP contribution is 2.24. The maximum absolute atomic E-state index is 12.8. The monoisotopic (exact) mass is 246 g/mol. The summed E-state index contributed by atoms with van der Waals surface area (Å²) in [5.41, 5.74) is 0. The third-order valence-corrected chi connectivity index (χ3v) is 2.59. The van der Waals surface area contributed by atoms with Crippen LogP contribution in [-0.2, 0) is 9.53 Å². The van der Waals surface area contributed by atoms with E-state index in [2.05, 4.69) is 4.74 Å². The number of benzene rings is 1. The summed E-state index contributed by atoms with van der Waals surface area (Å²) in [6.07, 6.45) is 1.28. The minimum Gasteiger partial charge on any atom is -0.466 e. The summed E-state index contributed by atoms with van der Waals surface area (Å²) in [5, 5.41) is 1.61. The van der Waals surface area contributed by atoms with Gasteiger partial charge in [-0.05, 0) is 23.6 Å². The highest BCUT2D eigenvalue weighted by atomic mass is 35.5. The molecule has 1 aromatic rings. The summed E-state index contributed by atoms with van der Waals surface area (Å²) in [6, 6.07) is 4.34. The summed E-state index contributed by atoms with van der Waals surface area (Å²) in [4.78, 5) is 11.5. The number of esters is 1. The number of methoxy groups -OCH3 is 1. The van der Waals surface area contributed by atoms with Gasteiger partial charge in [0.1, 0.15) is 5.82 Å². The topological polar surface area (TPSA) is 26.3 Å². The highest BCUT2D eigenvalue weighted by Gasteiger charge is 2.00. The lowest BCUT2D eigenvalue weighted by molar-refractivity contribution is -0.134. The molecule has 0 unspecified atom stereocenters. The van der Waals surface area contributed by atoms with E-state index in [0.717, 1.165) is 4.90 Å². The molecule has 0 aliphatic heterocycles. The minimum atomic E-state index is -0.460. The largest absolute Gasteiger partial charge is 0.466 e. The number of ether oxygens (including phenoxy) is 1. The molecule has 15 heavy (non-hydrogen) atoms.